The maximum atomic E-state index is 13.3. The Morgan fingerprint density at radius 1 is 1.61 bits per heavy atom. The van der Waals surface area contributed by atoms with Gasteiger partial charge in [0.25, 0.3) is 5.91 Å². The molecule has 0 saturated carbocycles. The number of carbonyl (C=O) groups is 1. The van der Waals surface area contributed by atoms with E-state index in [0.717, 1.165) is 0 Å². The molecule has 0 bridgehead atoms. The van der Waals surface area contributed by atoms with Crippen LogP contribution < -0.4 is 0 Å². The number of halogens is 3. The van der Waals surface area contributed by atoms with E-state index in [-0.39, 0.29) is 41.3 Å². The first-order valence-corrected chi connectivity index (χ1v) is 6.28. The molecule has 0 spiro atoms. The van der Waals surface area contributed by atoms with Crippen molar-refractivity contribution >= 4 is 29.1 Å². The summed E-state index contributed by atoms with van der Waals surface area (Å²) < 4.78 is 14.8. The topological polar surface area (TPSA) is 45.5 Å². The fourth-order valence-electron chi connectivity index (χ4n) is 2.18. The molecule has 0 aliphatic carbocycles. The Balaban J connectivity index is 2.28. The fraction of sp³-hybridized carbons (Fsp3) is 0.545. The first kappa shape index (κ1) is 13.6. The molecule has 1 fully saturated rings. The zero-order chi connectivity index (χ0) is 13.4. The van der Waals surface area contributed by atoms with Crippen LogP contribution in [-0.4, -0.2) is 45.8 Å². The van der Waals surface area contributed by atoms with E-state index in [1.54, 1.807) is 7.05 Å². The lowest BCUT2D eigenvalue weighted by atomic mass is 10.2. The van der Waals surface area contributed by atoms with Gasteiger partial charge in [-0.05, 0) is 6.07 Å². The molecule has 1 aliphatic rings. The van der Waals surface area contributed by atoms with E-state index in [1.165, 1.54) is 15.5 Å². The molecule has 7 heteroatoms. The zero-order valence-electron chi connectivity index (χ0n) is 9.74. The number of carbonyl (C=O) groups excluding carboxylic acids is 1. The smallest absolute Gasteiger partial charge is 0.270 e. The van der Waals surface area contributed by atoms with Crippen LogP contribution in [0, 0.1) is 0 Å². The second kappa shape index (κ2) is 5.07. The molecule has 1 aromatic heterocycles. The van der Waals surface area contributed by atoms with Crippen molar-refractivity contribution in [2.24, 2.45) is 7.05 Å². The van der Waals surface area contributed by atoms with Gasteiger partial charge in [-0.25, -0.2) is 4.39 Å². The van der Waals surface area contributed by atoms with Crippen LogP contribution in [0.15, 0.2) is 6.07 Å². The van der Waals surface area contributed by atoms with E-state index in [9.17, 15) is 9.18 Å². The van der Waals surface area contributed by atoms with Gasteiger partial charge >= 0.3 is 0 Å². The monoisotopic (exact) mass is 294 g/mol. The molecule has 2 rings (SSSR count). The van der Waals surface area contributed by atoms with E-state index in [2.05, 4.69) is 0 Å². The molecule has 1 N–H and O–H groups in total. The highest BCUT2D eigenvalue weighted by atomic mass is 35.5. The van der Waals surface area contributed by atoms with Gasteiger partial charge in [-0.15, -0.1) is 0 Å². The molecule has 1 amide bonds. The fourth-order valence-corrected chi connectivity index (χ4v) is 2.55. The largest absolute Gasteiger partial charge is 0.394 e. The van der Waals surface area contributed by atoms with Crippen LogP contribution in [0.25, 0.3) is 0 Å². The van der Waals surface area contributed by atoms with Crippen molar-refractivity contribution in [2.75, 3.05) is 13.2 Å². The van der Waals surface area contributed by atoms with Gasteiger partial charge in [0.15, 0.2) is 0 Å². The molecule has 1 saturated heterocycles. The normalized spacial score (nSPS) is 23.7. The van der Waals surface area contributed by atoms with Crippen LogP contribution in [0.1, 0.15) is 16.9 Å². The van der Waals surface area contributed by atoms with E-state index in [4.69, 9.17) is 28.3 Å². The van der Waals surface area contributed by atoms with Crippen LogP contribution in [-0.2, 0) is 7.05 Å². The number of alkyl halides is 1. The first-order chi connectivity index (χ1) is 8.45. The molecule has 18 heavy (non-hydrogen) atoms. The van der Waals surface area contributed by atoms with E-state index in [0.29, 0.717) is 0 Å². The summed E-state index contributed by atoms with van der Waals surface area (Å²) in [6, 6.07) is 0.964. The third-order valence-electron chi connectivity index (χ3n) is 3.17. The minimum atomic E-state index is -1.10. The highest BCUT2D eigenvalue weighted by molar-refractivity contribution is 6.41. The van der Waals surface area contributed by atoms with Crippen molar-refractivity contribution in [1.29, 1.82) is 0 Å². The molecule has 0 aromatic carbocycles. The number of nitrogens with zero attached hydrogens (tertiary/aromatic N) is 2. The molecule has 4 nitrogen and oxygen atoms in total. The standard InChI is InChI=1S/C11H13Cl2FN2O2/c1-15-9(3-8(12)10(15)13)11(18)16-4-6(14)2-7(16)5-17/h3,6-7,17H,2,4-5H2,1H3/t6-,7-/m0/s1. The lowest BCUT2D eigenvalue weighted by Gasteiger charge is -2.22. The summed E-state index contributed by atoms with van der Waals surface area (Å²) in [4.78, 5) is 13.6. The minimum absolute atomic E-state index is 0.00945. The van der Waals surface area contributed by atoms with Crippen LogP contribution in [0.2, 0.25) is 10.2 Å². The summed E-state index contributed by atoms with van der Waals surface area (Å²) in [6.45, 7) is -0.261. The number of aromatic nitrogens is 1. The van der Waals surface area contributed by atoms with Gasteiger partial charge in [-0.2, -0.15) is 0 Å². The summed E-state index contributed by atoms with van der Waals surface area (Å²) in [6.07, 6.45) is -0.939. The van der Waals surface area contributed by atoms with Crippen molar-refractivity contribution in [3.05, 3.63) is 21.9 Å². The average Bonchev–Trinajstić information content (AvgIpc) is 2.84. The van der Waals surface area contributed by atoms with Crippen LogP contribution >= 0.6 is 23.2 Å². The van der Waals surface area contributed by atoms with Crippen LogP contribution in [0.3, 0.4) is 0 Å². The summed E-state index contributed by atoms with van der Waals surface area (Å²) in [5.41, 5.74) is 0.289. The van der Waals surface area contributed by atoms with Crippen molar-refractivity contribution < 1.29 is 14.3 Å². The molecule has 1 aliphatic heterocycles. The maximum absolute atomic E-state index is 13.3. The van der Waals surface area contributed by atoms with Crippen LogP contribution in [0.4, 0.5) is 4.39 Å². The van der Waals surface area contributed by atoms with Crippen molar-refractivity contribution in [3.8, 4) is 0 Å². The van der Waals surface area contributed by atoms with Crippen LogP contribution in [0.5, 0.6) is 0 Å². The Morgan fingerprint density at radius 2 is 2.28 bits per heavy atom. The second-order valence-electron chi connectivity index (χ2n) is 4.35. The molecular formula is C11H13Cl2FN2O2. The number of hydrogen-bond donors (Lipinski definition) is 1. The summed E-state index contributed by atoms with van der Waals surface area (Å²) >= 11 is 11.7. The molecule has 100 valence electrons. The molecule has 2 heterocycles. The highest BCUT2D eigenvalue weighted by Crippen LogP contribution is 2.28. The Morgan fingerprint density at radius 3 is 2.78 bits per heavy atom. The van der Waals surface area contributed by atoms with Crippen molar-refractivity contribution in [3.63, 3.8) is 0 Å². The van der Waals surface area contributed by atoms with E-state index < -0.39 is 12.2 Å². The Bertz CT molecular complexity index is 478. The van der Waals surface area contributed by atoms with Crippen molar-refractivity contribution in [2.45, 2.75) is 18.6 Å². The number of hydrogen-bond acceptors (Lipinski definition) is 2. The van der Waals surface area contributed by atoms with E-state index in [1.807, 2.05) is 0 Å². The molecular weight excluding hydrogens is 282 g/mol. The second-order valence-corrected chi connectivity index (χ2v) is 5.12. The van der Waals surface area contributed by atoms with Gasteiger partial charge in [0.1, 0.15) is 17.0 Å². The third-order valence-corrected chi connectivity index (χ3v) is 4.01. The van der Waals surface area contributed by atoms with Gasteiger partial charge in [-0.3, -0.25) is 4.79 Å². The Kier molecular flexibility index (Phi) is 3.84. The SMILES string of the molecule is Cn1c(C(=O)N2C[C@@H](F)C[C@H]2CO)cc(Cl)c1Cl. The minimum Gasteiger partial charge on any atom is -0.394 e. The van der Waals surface area contributed by atoms with Gasteiger partial charge in [0.05, 0.1) is 24.2 Å². The summed E-state index contributed by atoms with van der Waals surface area (Å²) in [5.74, 6) is -0.370. The summed E-state index contributed by atoms with van der Waals surface area (Å²) in [7, 11) is 1.61. The van der Waals surface area contributed by atoms with Gasteiger partial charge < -0.3 is 14.6 Å². The predicted octanol–water partition coefficient (Wildman–Crippen LogP) is 1.88. The average molecular weight is 295 g/mol. The first-order valence-electron chi connectivity index (χ1n) is 5.52. The number of likely N-dealkylation sites (tertiary alicyclic amines) is 1. The lowest BCUT2D eigenvalue weighted by molar-refractivity contribution is 0.0663. The van der Waals surface area contributed by atoms with Crippen molar-refractivity contribution in [1.82, 2.24) is 9.47 Å². The zero-order valence-corrected chi connectivity index (χ0v) is 11.2. The van der Waals surface area contributed by atoms with E-state index >= 15 is 0 Å². The van der Waals surface area contributed by atoms with Gasteiger partial charge in [0, 0.05) is 13.5 Å². The van der Waals surface area contributed by atoms with Gasteiger partial charge in [-0.1, -0.05) is 23.2 Å². The number of aliphatic hydroxyl groups is 1. The Hall–Kier alpha value is -0.780. The molecule has 1 aromatic rings. The molecule has 0 radical (unpaired) electrons. The highest BCUT2D eigenvalue weighted by Gasteiger charge is 2.36. The molecule has 0 unspecified atom stereocenters. The Labute approximate surface area is 114 Å². The number of rotatable bonds is 2. The summed E-state index contributed by atoms with van der Waals surface area (Å²) in [5, 5.41) is 9.70. The maximum Gasteiger partial charge on any atom is 0.270 e. The lowest BCUT2D eigenvalue weighted by Crippen LogP contribution is -2.38. The number of amides is 1. The van der Waals surface area contributed by atoms with Gasteiger partial charge in [0.2, 0.25) is 0 Å². The third kappa shape index (κ3) is 2.22. The number of aliphatic hydroxyl groups excluding tert-OH is 1. The quantitative estimate of drug-likeness (QED) is 0.905. The molecule has 2 atom stereocenters. The predicted molar refractivity (Wildman–Crippen MR) is 66.9 cm³/mol.